The molecule has 0 aromatic rings. The Kier molecular flexibility index (Phi) is 8.54. The van der Waals surface area contributed by atoms with E-state index in [1.807, 2.05) is 14.9 Å². The molecule has 3 unspecified atom stereocenters. The zero-order chi connectivity index (χ0) is 20.0. The molecule has 10 nitrogen and oxygen atoms in total. The van der Waals surface area contributed by atoms with Gasteiger partial charge >= 0.3 is 13.8 Å². The molecule has 0 saturated carbocycles. The molecular weight excluding hydrogens is 374 g/mol. The molecule has 2 aliphatic heterocycles. The first-order chi connectivity index (χ1) is 12.8. The third kappa shape index (κ3) is 6.15. The van der Waals surface area contributed by atoms with E-state index in [0.717, 1.165) is 13.1 Å². The van der Waals surface area contributed by atoms with Crippen LogP contribution in [-0.2, 0) is 18.6 Å². The average Bonchev–Trinajstić information content (AvgIpc) is 2.63. The number of hydrogen-bond donors (Lipinski definition) is 1. The lowest BCUT2D eigenvalue weighted by molar-refractivity contribution is -0.0618. The summed E-state index contributed by atoms with van der Waals surface area (Å²) in [7, 11) is 4.32. The number of morpholine rings is 1. The summed E-state index contributed by atoms with van der Waals surface area (Å²) in [5.74, 6) is 0. The molecule has 2 heterocycles. The standard InChI is InChI=1S/C15H32BN4O6P/c1-17(2)27(23,25-12-13-10-18(3)11-14(16)26-13)20-6-4-19(5-7-20)15(22)24-9-8-21/h13-14,21H,4-12,16H2,1-3H3. The van der Waals surface area contributed by atoms with E-state index in [0.29, 0.717) is 26.2 Å². The molecular formula is C15H32BN4O6P. The fourth-order valence-corrected chi connectivity index (χ4v) is 5.30. The molecule has 3 atom stereocenters. The van der Waals surface area contributed by atoms with Crippen LogP contribution < -0.4 is 0 Å². The lowest BCUT2D eigenvalue weighted by Gasteiger charge is -2.41. The van der Waals surface area contributed by atoms with Crippen LogP contribution in [0, 0.1) is 0 Å². The molecule has 2 fully saturated rings. The summed E-state index contributed by atoms with van der Waals surface area (Å²) in [5.41, 5.74) is 0. The van der Waals surface area contributed by atoms with Crippen LogP contribution in [-0.4, -0.2) is 131 Å². The van der Waals surface area contributed by atoms with E-state index in [1.165, 1.54) is 0 Å². The first-order valence-corrected chi connectivity index (χ1v) is 10.8. The summed E-state index contributed by atoms with van der Waals surface area (Å²) in [5, 5.41) is 8.75. The van der Waals surface area contributed by atoms with Crippen molar-refractivity contribution in [1.29, 1.82) is 0 Å². The maximum absolute atomic E-state index is 13.5. The van der Waals surface area contributed by atoms with Gasteiger partial charge in [-0.05, 0) is 21.1 Å². The van der Waals surface area contributed by atoms with Gasteiger partial charge < -0.3 is 28.9 Å². The summed E-state index contributed by atoms with van der Waals surface area (Å²) >= 11 is 0. The molecule has 12 heteroatoms. The van der Waals surface area contributed by atoms with E-state index < -0.39 is 13.8 Å². The number of carbonyl (C=O) groups excluding carboxylic acids is 1. The Morgan fingerprint density at radius 3 is 2.52 bits per heavy atom. The van der Waals surface area contributed by atoms with Gasteiger partial charge in [-0.1, -0.05) is 0 Å². The van der Waals surface area contributed by atoms with E-state index in [1.54, 1.807) is 28.3 Å². The summed E-state index contributed by atoms with van der Waals surface area (Å²) < 4.78 is 33.7. The number of rotatable bonds is 7. The number of aliphatic hydroxyl groups is 1. The van der Waals surface area contributed by atoms with Crippen molar-refractivity contribution in [3.63, 3.8) is 0 Å². The van der Waals surface area contributed by atoms with Crippen molar-refractivity contribution in [2.75, 3.05) is 80.2 Å². The molecule has 2 saturated heterocycles. The van der Waals surface area contributed by atoms with Crippen LogP contribution in [0.1, 0.15) is 0 Å². The van der Waals surface area contributed by atoms with Gasteiger partial charge in [-0.25, -0.2) is 14.1 Å². The molecule has 1 amide bonds. The molecule has 2 rings (SSSR count). The van der Waals surface area contributed by atoms with Gasteiger partial charge in [0.15, 0.2) is 0 Å². The molecule has 0 radical (unpaired) electrons. The van der Waals surface area contributed by atoms with Crippen molar-refractivity contribution in [3.8, 4) is 0 Å². The predicted octanol–water partition coefficient (Wildman–Crippen LogP) is -1.29. The number of ether oxygens (including phenoxy) is 2. The van der Waals surface area contributed by atoms with Crippen LogP contribution in [0.4, 0.5) is 4.79 Å². The zero-order valence-electron chi connectivity index (χ0n) is 16.7. The zero-order valence-corrected chi connectivity index (χ0v) is 17.6. The summed E-state index contributed by atoms with van der Waals surface area (Å²) in [4.78, 5) is 15.6. The number of likely N-dealkylation sites (N-methyl/N-ethyl adjacent to an activating group) is 1. The maximum Gasteiger partial charge on any atom is 0.409 e. The molecule has 0 spiro atoms. The topological polar surface area (TPSA) is 95.0 Å². The molecule has 0 bridgehead atoms. The van der Waals surface area contributed by atoms with E-state index in [-0.39, 0.29) is 31.9 Å². The normalized spacial score (nSPS) is 27.5. The second-order valence-electron chi connectivity index (χ2n) is 7.20. The quantitative estimate of drug-likeness (QED) is 0.409. The lowest BCUT2D eigenvalue weighted by atomic mass is 9.98. The SMILES string of the molecule is BC1CN(C)CC(COP(=O)(N(C)C)N2CCN(C(=O)OCCO)CC2)O1. The monoisotopic (exact) mass is 406 g/mol. The maximum atomic E-state index is 13.5. The fraction of sp³-hybridized carbons (Fsp3) is 0.933. The molecule has 1 N–H and O–H groups in total. The number of piperazine rings is 1. The van der Waals surface area contributed by atoms with Gasteiger partial charge in [0.1, 0.15) is 14.5 Å². The highest BCUT2D eigenvalue weighted by molar-refractivity contribution is 7.53. The highest BCUT2D eigenvalue weighted by Gasteiger charge is 2.39. The van der Waals surface area contributed by atoms with Crippen LogP contribution in [0.3, 0.4) is 0 Å². The average molecular weight is 406 g/mol. The lowest BCUT2D eigenvalue weighted by Crippen LogP contribution is -2.50. The minimum absolute atomic E-state index is 0.0212. The third-order valence-corrected chi connectivity index (χ3v) is 7.24. The van der Waals surface area contributed by atoms with Crippen molar-refractivity contribution in [3.05, 3.63) is 0 Å². The van der Waals surface area contributed by atoms with Crippen molar-refractivity contribution in [1.82, 2.24) is 19.1 Å². The van der Waals surface area contributed by atoms with Crippen molar-refractivity contribution >= 4 is 21.6 Å². The Bertz CT molecular complexity index is 524. The smallest absolute Gasteiger partial charge is 0.409 e. The predicted molar refractivity (Wildman–Crippen MR) is 104 cm³/mol. The Morgan fingerprint density at radius 1 is 1.30 bits per heavy atom. The van der Waals surface area contributed by atoms with Crippen LogP contribution >= 0.6 is 7.67 Å². The van der Waals surface area contributed by atoms with Gasteiger partial charge in [0.25, 0.3) is 0 Å². The van der Waals surface area contributed by atoms with E-state index in [2.05, 4.69) is 4.90 Å². The number of aliphatic hydroxyl groups excluding tert-OH is 1. The van der Waals surface area contributed by atoms with Gasteiger partial charge in [0, 0.05) is 45.3 Å². The second kappa shape index (κ2) is 10.2. The molecule has 2 aliphatic rings. The number of amides is 1. The fourth-order valence-electron chi connectivity index (χ4n) is 3.35. The highest BCUT2D eigenvalue weighted by Crippen LogP contribution is 2.53. The van der Waals surface area contributed by atoms with Crippen LogP contribution in [0.15, 0.2) is 0 Å². The first kappa shape index (κ1) is 22.6. The minimum atomic E-state index is -3.20. The van der Waals surface area contributed by atoms with E-state index in [9.17, 15) is 9.36 Å². The minimum Gasteiger partial charge on any atom is -0.447 e. The van der Waals surface area contributed by atoms with Crippen molar-refractivity contribution in [2.24, 2.45) is 0 Å². The van der Waals surface area contributed by atoms with Crippen LogP contribution in [0.2, 0.25) is 0 Å². The van der Waals surface area contributed by atoms with Crippen molar-refractivity contribution in [2.45, 2.75) is 12.1 Å². The Hall–Kier alpha value is -0.675. The number of hydrogen-bond acceptors (Lipinski definition) is 7. The van der Waals surface area contributed by atoms with Gasteiger partial charge in [0.05, 0.1) is 19.3 Å². The highest BCUT2D eigenvalue weighted by atomic mass is 31.2. The summed E-state index contributed by atoms with van der Waals surface area (Å²) in [6, 6.07) is 0.115. The molecule has 0 aromatic carbocycles. The summed E-state index contributed by atoms with van der Waals surface area (Å²) in [6.45, 7) is 3.27. The molecule has 27 heavy (non-hydrogen) atoms. The van der Waals surface area contributed by atoms with Gasteiger partial charge in [-0.2, -0.15) is 0 Å². The molecule has 0 aliphatic carbocycles. The number of nitrogens with zero attached hydrogens (tertiary/aromatic N) is 4. The Labute approximate surface area is 162 Å². The number of carbonyl (C=O) groups is 1. The van der Waals surface area contributed by atoms with Crippen molar-refractivity contribution < 1.29 is 28.5 Å². The van der Waals surface area contributed by atoms with Crippen LogP contribution in [0.25, 0.3) is 0 Å². The van der Waals surface area contributed by atoms with Gasteiger partial charge in [-0.15, -0.1) is 0 Å². The largest absolute Gasteiger partial charge is 0.447 e. The van der Waals surface area contributed by atoms with Crippen LogP contribution in [0.5, 0.6) is 0 Å². The molecule has 156 valence electrons. The Balaban J connectivity index is 1.90. The van der Waals surface area contributed by atoms with E-state index >= 15 is 0 Å². The first-order valence-electron chi connectivity index (χ1n) is 9.30. The van der Waals surface area contributed by atoms with Gasteiger partial charge in [-0.3, -0.25) is 4.57 Å². The molecule has 0 aromatic heterocycles. The Morgan fingerprint density at radius 2 is 1.96 bits per heavy atom. The second-order valence-corrected chi connectivity index (χ2v) is 9.81. The van der Waals surface area contributed by atoms with E-state index in [4.69, 9.17) is 19.1 Å². The summed E-state index contributed by atoms with van der Waals surface area (Å²) in [6.07, 6.45) is -0.585. The third-order valence-electron chi connectivity index (χ3n) is 4.63. The van der Waals surface area contributed by atoms with Gasteiger partial charge in [0.2, 0.25) is 0 Å².